The topological polar surface area (TPSA) is 20.3 Å². The Bertz CT molecular complexity index is 195. The molecule has 1 aliphatic heterocycles. The van der Waals surface area contributed by atoms with Gasteiger partial charge < -0.3 is 0 Å². The zero-order valence-corrected chi connectivity index (χ0v) is 10.8. The summed E-state index contributed by atoms with van der Waals surface area (Å²) < 4.78 is 1.33. The molecule has 0 saturated carbocycles. The van der Waals surface area contributed by atoms with Crippen LogP contribution in [0.15, 0.2) is 0 Å². The van der Waals surface area contributed by atoms with Crippen molar-refractivity contribution in [3.63, 3.8) is 0 Å². The zero-order valence-electron chi connectivity index (χ0n) is 7.83. The molecule has 1 heterocycles. The molecule has 2 atom stereocenters. The Hall–Kier alpha value is 0.0283. The second-order valence-corrected chi connectivity index (χ2v) is 4.91. The van der Waals surface area contributed by atoms with Crippen molar-refractivity contribution in [1.29, 1.82) is 0 Å². The molecule has 0 aromatic carbocycles. The van der Waals surface area contributed by atoms with Gasteiger partial charge in [0.2, 0.25) is 0 Å². The van der Waals surface area contributed by atoms with Crippen LogP contribution in [0.25, 0.3) is 0 Å². The van der Waals surface area contributed by atoms with Gasteiger partial charge in [-0.15, -0.1) is 0 Å². The molecule has 12 heavy (non-hydrogen) atoms. The number of carbonyl (C=O) groups excluding carboxylic acids is 1. The van der Waals surface area contributed by atoms with Crippen molar-refractivity contribution >= 4 is 9.93 Å². The fourth-order valence-electron chi connectivity index (χ4n) is 1.47. The Morgan fingerprint density at radius 3 is 2.33 bits per heavy atom. The molecular formula is C9H15NOW. The predicted octanol–water partition coefficient (Wildman–Crippen LogP) is 1.19. The van der Waals surface area contributed by atoms with Gasteiger partial charge >= 0.3 is 84.5 Å². The fraction of sp³-hybridized carbons (Fsp3) is 0.778. The predicted molar refractivity (Wildman–Crippen MR) is 45.3 cm³/mol. The Balaban J connectivity index is 2.76. The minimum atomic E-state index is 0.212. The zero-order chi connectivity index (χ0) is 9.30. The molecule has 0 N–H and O–H groups in total. The maximum absolute atomic E-state index is 11.6. The molecule has 1 amide bonds. The molecular weight excluding hydrogens is 322 g/mol. The van der Waals surface area contributed by atoms with Crippen molar-refractivity contribution < 1.29 is 24.1 Å². The van der Waals surface area contributed by atoms with Crippen LogP contribution in [0.2, 0.25) is 0 Å². The van der Waals surface area contributed by atoms with Crippen molar-refractivity contribution in [3.05, 3.63) is 0 Å². The number of likely N-dealkylation sites (tertiary alicyclic amines) is 1. The van der Waals surface area contributed by atoms with Gasteiger partial charge in [-0.2, -0.15) is 0 Å². The molecule has 2 nitrogen and oxygen atoms in total. The summed E-state index contributed by atoms with van der Waals surface area (Å²) in [5.41, 5.74) is 0. The van der Waals surface area contributed by atoms with Gasteiger partial charge in [0.05, 0.1) is 0 Å². The molecule has 0 aromatic rings. The van der Waals surface area contributed by atoms with Crippen molar-refractivity contribution in [3.8, 4) is 0 Å². The summed E-state index contributed by atoms with van der Waals surface area (Å²) >= 11 is 1.45. The quantitative estimate of drug-likeness (QED) is 0.741. The average molecular weight is 337 g/mol. The van der Waals surface area contributed by atoms with Crippen LogP contribution < -0.4 is 0 Å². The first-order valence-electron chi connectivity index (χ1n) is 4.44. The van der Waals surface area contributed by atoms with Crippen LogP contribution in [-0.2, 0) is 24.1 Å². The SMILES string of the molecule is CCCN1C(=O)C(C)C(C)[C]1=[W]. The minimum absolute atomic E-state index is 0.212. The summed E-state index contributed by atoms with van der Waals surface area (Å²) in [6.45, 7) is 7.21. The maximum atomic E-state index is 11.6. The number of nitrogens with zero attached hydrogens (tertiary/aromatic N) is 1. The van der Waals surface area contributed by atoms with E-state index in [-0.39, 0.29) is 5.92 Å². The third-order valence-corrected chi connectivity index (χ3v) is 4.64. The Morgan fingerprint density at radius 1 is 1.42 bits per heavy atom. The third-order valence-electron chi connectivity index (χ3n) is 2.51. The summed E-state index contributed by atoms with van der Waals surface area (Å²) in [6.07, 6.45) is 1.06. The second-order valence-electron chi connectivity index (χ2n) is 3.41. The normalized spacial score (nSPS) is 30.1. The van der Waals surface area contributed by atoms with E-state index in [0.29, 0.717) is 11.8 Å². The molecule has 3 heteroatoms. The van der Waals surface area contributed by atoms with Crippen molar-refractivity contribution in [2.45, 2.75) is 27.2 Å². The molecule has 0 spiro atoms. The van der Waals surface area contributed by atoms with E-state index in [4.69, 9.17) is 0 Å². The number of hydrogen-bond donors (Lipinski definition) is 0. The third kappa shape index (κ3) is 1.54. The molecule has 1 saturated heterocycles. The second kappa shape index (κ2) is 3.82. The van der Waals surface area contributed by atoms with E-state index in [1.165, 1.54) is 23.4 Å². The van der Waals surface area contributed by atoms with Gasteiger partial charge in [0.15, 0.2) is 0 Å². The van der Waals surface area contributed by atoms with E-state index >= 15 is 0 Å². The van der Waals surface area contributed by atoms with Crippen molar-refractivity contribution in [1.82, 2.24) is 4.90 Å². The first-order chi connectivity index (χ1) is 5.59. The number of rotatable bonds is 2. The molecule has 1 fully saturated rings. The van der Waals surface area contributed by atoms with E-state index in [2.05, 4.69) is 13.8 Å². The standard InChI is InChI=1S/C9H15NO.W/c1-4-5-10-6-7(2)8(3)9(10)11;/h7-8H,4-5H2,1-3H3;. The number of hydrogen-bond acceptors (Lipinski definition) is 1. The van der Waals surface area contributed by atoms with Gasteiger partial charge in [0, 0.05) is 0 Å². The van der Waals surface area contributed by atoms with Crippen LogP contribution in [-0.4, -0.2) is 21.4 Å². The van der Waals surface area contributed by atoms with Crippen LogP contribution >= 0.6 is 0 Å². The van der Waals surface area contributed by atoms with E-state index in [9.17, 15) is 4.79 Å². The molecule has 1 rings (SSSR count). The van der Waals surface area contributed by atoms with Gasteiger partial charge in [-0.25, -0.2) is 0 Å². The van der Waals surface area contributed by atoms with Crippen LogP contribution in [0.3, 0.4) is 0 Å². The fourth-order valence-corrected chi connectivity index (χ4v) is 2.86. The molecule has 0 aromatic heterocycles. The number of amides is 1. The molecule has 68 valence electrons. The van der Waals surface area contributed by atoms with E-state index in [0.717, 1.165) is 13.0 Å². The molecule has 1 aliphatic rings. The van der Waals surface area contributed by atoms with Gasteiger partial charge in [0.25, 0.3) is 0 Å². The summed E-state index contributed by atoms with van der Waals surface area (Å²) in [5.74, 6) is 1.01. The van der Waals surface area contributed by atoms with E-state index in [1.54, 1.807) is 0 Å². The van der Waals surface area contributed by atoms with E-state index in [1.807, 2.05) is 11.8 Å². The Morgan fingerprint density at radius 2 is 2.00 bits per heavy atom. The molecule has 0 bridgehead atoms. The summed E-state index contributed by atoms with van der Waals surface area (Å²) in [5, 5.41) is 0. The van der Waals surface area contributed by atoms with Gasteiger partial charge in [-0.3, -0.25) is 0 Å². The first kappa shape index (κ1) is 10.1. The molecule has 2 unspecified atom stereocenters. The summed E-state index contributed by atoms with van der Waals surface area (Å²) in [4.78, 5) is 13.6. The van der Waals surface area contributed by atoms with Crippen molar-refractivity contribution in [2.24, 2.45) is 11.8 Å². The number of carbonyl (C=O) groups is 1. The van der Waals surface area contributed by atoms with Crippen LogP contribution in [0.1, 0.15) is 27.2 Å². The van der Waals surface area contributed by atoms with Crippen molar-refractivity contribution in [2.75, 3.05) is 6.54 Å². The Labute approximate surface area is 84.7 Å². The molecule has 0 radical (unpaired) electrons. The summed E-state index contributed by atoms with van der Waals surface area (Å²) in [7, 11) is 0. The van der Waals surface area contributed by atoms with Gasteiger partial charge in [-0.1, -0.05) is 0 Å². The Kier molecular flexibility index (Phi) is 3.22. The van der Waals surface area contributed by atoms with Gasteiger partial charge in [-0.05, 0) is 0 Å². The van der Waals surface area contributed by atoms with Crippen LogP contribution in [0, 0.1) is 11.8 Å². The van der Waals surface area contributed by atoms with E-state index < -0.39 is 0 Å². The van der Waals surface area contributed by atoms with Gasteiger partial charge in [0.1, 0.15) is 0 Å². The van der Waals surface area contributed by atoms with Crippen LogP contribution in [0.4, 0.5) is 0 Å². The average Bonchev–Trinajstić information content (AvgIpc) is 2.23. The summed E-state index contributed by atoms with van der Waals surface area (Å²) in [6, 6.07) is 0. The van der Waals surface area contributed by atoms with Crippen LogP contribution in [0.5, 0.6) is 0 Å². The monoisotopic (exact) mass is 337 g/mol. The first-order valence-corrected chi connectivity index (χ1v) is 5.91. The molecule has 0 aliphatic carbocycles.